The van der Waals surface area contributed by atoms with Gasteiger partial charge in [-0.15, -0.1) is 11.3 Å². The molecule has 2 heterocycles. The fraction of sp³-hybridized carbons (Fsp3) is 0.154. The minimum Gasteiger partial charge on any atom is -0.350 e. The van der Waals surface area contributed by atoms with Gasteiger partial charge in [-0.05, 0) is 34.7 Å². The molecule has 0 radical (unpaired) electrons. The number of thiophene rings is 1. The van der Waals surface area contributed by atoms with Gasteiger partial charge in [0.05, 0.1) is 4.88 Å². The van der Waals surface area contributed by atoms with Crippen LogP contribution in [0.25, 0.3) is 0 Å². The van der Waals surface area contributed by atoms with E-state index in [0.717, 1.165) is 15.5 Å². The lowest BCUT2D eigenvalue weighted by Gasteiger charge is -2.23. The van der Waals surface area contributed by atoms with Crippen LogP contribution in [0.4, 0.5) is 0 Å². The number of rotatable bonds is 1. The van der Waals surface area contributed by atoms with Crippen molar-refractivity contribution in [1.82, 2.24) is 5.32 Å². The van der Waals surface area contributed by atoms with Crippen molar-refractivity contribution in [2.75, 3.05) is 6.54 Å². The molecule has 2 aromatic rings. The number of amides is 1. The lowest BCUT2D eigenvalue weighted by molar-refractivity contribution is 0.0947. The Morgan fingerprint density at radius 2 is 2.00 bits per heavy atom. The van der Waals surface area contributed by atoms with E-state index in [1.165, 1.54) is 16.9 Å². The maximum absolute atomic E-state index is 11.7. The molecular formula is C13H10ClNOS. The maximum Gasteiger partial charge on any atom is 0.261 e. The third kappa shape index (κ3) is 1.85. The van der Waals surface area contributed by atoms with Crippen LogP contribution in [0.15, 0.2) is 35.7 Å². The molecule has 3 rings (SSSR count). The summed E-state index contributed by atoms with van der Waals surface area (Å²) in [5.41, 5.74) is 2.31. The second-order valence-electron chi connectivity index (χ2n) is 4.02. The molecule has 0 fully saturated rings. The summed E-state index contributed by atoms with van der Waals surface area (Å²) in [6.07, 6.45) is 0. The number of hydrogen-bond donors (Lipinski definition) is 1. The van der Waals surface area contributed by atoms with Crippen LogP contribution in [-0.2, 0) is 0 Å². The number of benzene rings is 1. The van der Waals surface area contributed by atoms with Crippen molar-refractivity contribution in [2.45, 2.75) is 5.92 Å². The van der Waals surface area contributed by atoms with E-state index in [1.807, 2.05) is 35.7 Å². The number of halogens is 1. The van der Waals surface area contributed by atoms with E-state index in [4.69, 9.17) is 11.6 Å². The van der Waals surface area contributed by atoms with Crippen molar-refractivity contribution >= 4 is 28.8 Å². The molecule has 1 aromatic heterocycles. The van der Waals surface area contributed by atoms with Crippen LogP contribution in [0.5, 0.6) is 0 Å². The predicted octanol–water partition coefficient (Wildman–Crippen LogP) is 3.28. The molecule has 17 heavy (non-hydrogen) atoms. The van der Waals surface area contributed by atoms with Gasteiger partial charge in [-0.25, -0.2) is 0 Å². The van der Waals surface area contributed by atoms with Crippen LogP contribution in [0.1, 0.15) is 26.7 Å². The molecular weight excluding hydrogens is 254 g/mol. The monoisotopic (exact) mass is 263 g/mol. The SMILES string of the molecule is O=C1NCC(c2ccc(Cl)cc2)c2ccsc21. The largest absolute Gasteiger partial charge is 0.350 e. The number of carbonyl (C=O) groups is 1. The Hall–Kier alpha value is -1.32. The zero-order valence-electron chi connectivity index (χ0n) is 8.94. The normalized spacial score (nSPS) is 18.6. The van der Waals surface area contributed by atoms with Gasteiger partial charge in [0.25, 0.3) is 5.91 Å². The number of hydrogen-bond acceptors (Lipinski definition) is 2. The molecule has 1 aliphatic heterocycles. The van der Waals surface area contributed by atoms with E-state index in [-0.39, 0.29) is 11.8 Å². The summed E-state index contributed by atoms with van der Waals surface area (Å²) in [4.78, 5) is 12.5. The quantitative estimate of drug-likeness (QED) is 0.841. The number of fused-ring (bicyclic) bond motifs is 1. The molecule has 1 N–H and O–H groups in total. The zero-order chi connectivity index (χ0) is 11.8. The molecule has 86 valence electrons. The molecule has 0 aliphatic carbocycles. The Bertz CT molecular complexity index is 561. The topological polar surface area (TPSA) is 29.1 Å². The highest BCUT2D eigenvalue weighted by molar-refractivity contribution is 7.12. The highest BCUT2D eigenvalue weighted by atomic mass is 35.5. The summed E-state index contributed by atoms with van der Waals surface area (Å²) < 4.78 is 0. The molecule has 0 bridgehead atoms. The predicted molar refractivity (Wildman–Crippen MR) is 69.9 cm³/mol. The average Bonchev–Trinajstić information content (AvgIpc) is 2.81. The van der Waals surface area contributed by atoms with Crippen molar-refractivity contribution in [3.05, 3.63) is 56.7 Å². The fourth-order valence-corrected chi connectivity index (χ4v) is 3.16. The van der Waals surface area contributed by atoms with Crippen LogP contribution in [-0.4, -0.2) is 12.5 Å². The lowest BCUT2D eigenvalue weighted by atomic mass is 9.89. The van der Waals surface area contributed by atoms with E-state index >= 15 is 0 Å². The highest BCUT2D eigenvalue weighted by Gasteiger charge is 2.27. The molecule has 1 aliphatic rings. The Kier molecular flexibility index (Phi) is 2.65. The van der Waals surface area contributed by atoms with Crippen LogP contribution < -0.4 is 5.32 Å². The second kappa shape index (κ2) is 4.17. The van der Waals surface area contributed by atoms with Gasteiger partial charge in [0.15, 0.2) is 0 Å². The first-order valence-electron chi connectivity index (χ1n) is 5.37. The van der Waals surface area contributed by atoms with Crippen LogP contribution >= 0.6 is 22.9 Å². The van der Waals surface area contributed by atoms with Gasteiger partial charge < -0.3 is 5.32 Å². The standard InChI is InChI=1S/C13H10ClNOS/c14-9-3-1-8(2-4-9)11-7-15-13(16)12-10(11)5-6-17-12/h1-6,11H,7H2,(H,15,16). The van der Waals surface area contributed by atoms with E-state index in [2.05, 4.69) is 5.32 Å². The summed E-state index contributed by atoms with van der Waals surface area (Å²) >= 11 is 7.38. The number of carbonyl (C=O) groups excluding carboxylic acids is 1. The summed E-state index contributed by atoms with van der Waals surface area (Å²) in [7, 11) is 0. The first-order chi connectivity index (χ1) is 8.25. The van der Waals surface area contributed by atoms with Crippen molar-refractivity contribution in [2.24, 2.45) is 0 Å². The number of nitrogens with one attached hydrogen (secondary N) is 1. The van der Waals surface area contributed by atoms with Gasteiger partial charge >= 0.3 is 0 Å². The Balaban J connectivity index is 2.04. The molecule has 2 nitrogen and oxygen atoms in total. The van der Waals surface area contributed by atoms with Gasteiger partial charge in [0, 0.05) is 17.5 Å². The Morgan fingerprint density at radius 1 is 1.24 bits per heavy atom. The average molecular weight is 264 g/mol. The molecule has 0 saturated carbocycles. The first-order valence-corrected chi connectivity index (χ1v) is 6.62. The molecule has 0 saturated heterocycles. The van der Waals surface area contributed by atoms with E-state index in [0.29, 0.717) is 6.54 Å². The van der Waals surface area contributed by atoms with Gasteiger partial charge in [-0.1, -0.05) is 23.7 Å². The summed E-state index contributed by atoms with van der Waals surface area (Å²) in [6, 6.07) is 9.86. The summed E-state index contributed by atoms with van der Waals surface area (Å²) in [6.45, 7) is 0.657. The Labute approximate surface area is 108 Å². The van der Waals surface area contributed by atoms with Gasteiger partial charge in [0.1, 0.15) is 0 Å². The minimum absolute atomic E-state index is 0.0419. The van der Waals surface area contributed by atoms with Crippen LogP contribution in [0.3, 0.4) is 0 Å². The van der Waals surface area contributed by atoms with Crippen LogP contribution in [0, 0.1) is 0 Å². The molecule has 1 atom stereocenters. The Morgan fingerprint density at radius 3 is 2.76 bits per heavy atom. The molecule has 1 aromatic carbocycles. The maximum atomic E-state index is 11.7. The van der Waals surface area contributed by atoms with E-state index in [9.17, 15) is 4.79 Å². The van der Waals surface area contributed by atoms with Gasteiger partial charge in [0.2, 0.25) is 0 Å². The van der Waals surface area contributed by atoms with Crippen molar-refractivity contribution < 1.29 is 4.79 Å². The molecule has 4 heteroatoms. The van der Waals surface area contributed by atoms with Crippen LogP contribution in [0.2, 0.25) is 5.02 Å². The van der Waals surface area contributed by atoms with Crippen molar-refractivity contribution in [1.29, 1.82) is 0 Å². The highest BCUT2D eigenvalue weighted by Crippen LogP contribution is 2.33. The smallest absolute Gasteiger partial charge is 0.261 e. The van der Waals surface area contributed by atoms with Crippen molar-refractivity contribution in [3.63, 3.8) is 0 Å². The minimum atomic E-state index is 0.0419. The summed E-state index contributed by atoms with van der Waals surface area (Å²) in [5.74, 6) is 0.284. The first kappa shape index (κ1) is 10.8. The molecule has 0 spiro atoms. The second-order valence-corrected chi connectivity index (χ2v) is 5.37. The lowest BCUT2D eigenvalue weighted by Crippen LogP contribution is -2.34. The fourth-order valence-electron chi connectivity index (χ4n) is 2.16. The van der Waals surface area contributed by atoms with Gasteiger partial charge in [-0.2, -0.15) is 0 Å². The molecule has 1 unspecified atom stereocenters. The van der Waals surface area contributed by atoms with Gasteiger partial charge in [-0.3, -0.25) is 4.79 Å². The zero-order valence-corrected chi connectivity index (χ0v) is 10.5. The third-order valence-corrected chi connectivity index (χ3v) is 4.20. The van der Waals surface area contributed by atoms with E-state index in [1.54, 1.807) is 0 Å². The third-order valence-electron chi connectivity index (χ3n) is 3.02. The van der Waals surface area contributed by atoms with E-state index < -0.39 is 0 Å². The van der Waals surface area contributed by atoms with Crippen molar-refractivity contribution in [3.8, 4) is 0 Å². The summed E-state index contributed by atoms with van der Waals surface area (Å²) in [5, 5.41) is 5.63. The molecule has 1 amide bonds.